The van der Waals surface area contributed by atoms with E-state index in [4.69, 9.17) is 28.6 Å². The Morgan fingerprint density at radius 1 is 1.33 bits per heavy atom. The average Bonchev–Trinajstić information content (AvgIpc) is 2.87. The highest BCUT2D eigenvalue weighted by molar-refractivity contribution is 7.79. The molecule has 0 radical (unpaired) electrons. The Balaban J connectivity index is 1.59. The second-order valence-electron chi connectivity index (χ2n) is 7.46. The average molecular weight is 398 g/mol. The van der Waals surface area contributed by atoms with Gasteiger partial charge in [0, 0.05) is 36.3 Å². The molecule has 6 heteroatoms. The van der Waals surface area contributed by atoms with Crippen molar-refractivity contribution < 1.29 is 4.74 Å². The van der Waals surface area contributed by atoms with Crippen molar-refractivity contribution >= 4 is 29.2 Å². The Bertz CT molecular complexity index is 897. The number of likely N-dealkylation sites (N-methyl/N-ethyl adjacent to an activating group) is 1. The molecule has 27 heavy (non-hydrogen) atoms. The maximum absolute atomic E-state index is 10.1. The van der Waals surface area contributed by atoms with Gasteiger partial charge in [-0.2, -0.15) is 5.26 Å². The number of benzene rings is 1. The van der Waals surface area contributed by atoms with Gasteiger partial charge in [-0.3, -0.25) is 9.88 Å². The molecule has 0 spiro atoms. The first kappa shape index (κ1) is 18.4. The van der Waals surface area contributed by atoms with Crippen LogP contribution in [-0.2, 0) is 5.41 Å². The highest BCUT2D eigenvalue weighted by Gasteiger charge is 2.53. The highest BCUT2D eigenvalue weighted by Crippen LogP contribution is 2.47. The fraction of sp³-hybridized carbons (Fsp3) is 0.381. The number of nitrogens with zero attached hydrogens (tertiary/aromatic N) is 3. The number of fused-ring (bicyclic) bond motifs is 2. The van der Waals surface area contributed by atoms with Crippen LogP contribution in [0.4, 0.5) is 0 Å². The van der Waals surface area contributed by atoms with Crippen LogP contribution in [0, 0.1) is 11.3 Å². The van der Waals surface area contributed by atoms with Crippen molar-refractivity contribution in [3.63, 3.8) is 0 Å². The predicted octanol–water partition coefficient (Wildman–Crippen LogP) is 4.16. The summed E-state index contributed by atoms with van der Waals surface area (Å²) in [4.78, 5) is 6.57. The molecule has 2 fully saturated rings. The van der Waals surface area contributed by atoms with Crippen LogP contribution in [0.15, 0.2) is 42.7 Å². The zero-order valence-corrected chi connectivity index (χ0v) is 16.6. The zero-order valence-electron chi connectivity index (χ0n) is 15.0. The summed E-state index contributed by atoms with van der Waals surface area (Å²) >= 11 is 11.1. The van der Waals surface area contributed by atoms with Gasteiger partial charge >= 0.3 is 0 Å². The summed E-state index contributed by atoms with van der Waals surface area (Å²) in [7, 11) is 2.13. The van der Waals surface area contributed by atoms with Crippen LogP contribution in [0.5, 0.6) is 5.75 Å². The third-order valence-electron chi connectivity index (χ3n) is 5.95. The maximum atomic E-state index is 10.1. The lowest BCUT2D eigenvalue weighted by atomic mass is 9.71. The minimum atomic E-state index is -0.570. The number of halogens is 1. The number of hydrogen-bond donors (Lipinski definition) is 0. The molecular formula is C21H20ClN3OS. The largest absolute Gasteiger partial charge is 0.489 e. The van der Waals surface area contributed by atoms with Gasteiger partial charge in [-0.05, 0) is 49.2 Å². The molecule has 3 heterocycles. The smallest absolute Gasteiger partial charge is 0.119 e. The number of piperidine rings is 1. The van der Waals surface area contributed by atoms with Crippen molar-refractivity contribution in [3.05, 3.63) is 58.9 Å². The molecule has 1 aromatic heterocycles. The molecule has 0 aliphatic carbocycles. The normalized spacial score (nSPS) is 29.9. The van der Waals surface area contributed by atoms with E-state index in [1.807, 2.05) is 30.3 Å². The van der Waals surface area contributed by atoms with Crippen molar-refractivity contribution in [3.8, 4) is 11.8 Å². The van der Waals surface area contributed by atoms with Crippen molar-refractivity contribution in [1.29, 1.82) is 5.26 Å². The third kappa shape index (κ3) is 3.34. The minimum Gasteiger partial charge on any atom is -0.489 e. The van der Waals surface area contributed by atoms with Crippen LogP contribution in [0.3, 0.4) is 0 Å². The molecule has 0 saturated carbocycles. The van der Waals surface area contributed by atoms with Crippen LogP contribution in [-0.4, -0.2) is 40.5 Å². The molecule has 4 atom stereocenters. The van der Waals surface area contributed by atoms with Gasteiger partial charge in [0.15, 0.2) is 0 Å². The van der Waals surface area contributed by atoms with E-state index in [2.05, 4.69) is 23.0 Å². The summed E-state index contributed by atoms with van der Waals surface area (Å²) in [6.07, 6.45) is 5.83. The van der Waals surface area contributed by atoms with E-state index in [9.17, 15) is 5.26 Å². The lowest BCUT2D eigenvalue weighted by molar-refractivity contribution is 0.0922. The van der Waals surface area contributed by atoms with Crippen LogP contribution >= 0.6 is 23.8 Å². The van der Waals surface area contributed by atoms with Crippen LogP contribution in [0.1, 0.15) is 30.4 Å². The van der Waals surface area contributed by atoms with Gasteiger partial charge in [-0.1, -0.05) is 36.0 Å². The lowest BCUT2D eigenvalue weighted by Gasteiger charge is -2.41. The van der Waals surface area contributed by atoms with Crippen molar-refractivity contribution in [2.75, 3.05) is 7.05 Å². The van der Waals surface area contributed by atoms with Crippen molar-refractivity contribution in [1.82, 2.24) is 9.88 Å². The van der Waals surface area contributed by atoms with Crippen molar-refractivity contribution in [2.24, 2.45) is 0 Å². The molecule has 2 aliphatic heterocycles. The first-order chi connectivity index (χ1) is 13.0. The molecule has 4 unspecified atom stereocenters. The molecule has 2 saturated heterocycles. The second-order valence-corrected chi connectivity index (χ2v) is 8.13. The number of pyridine rings is 1. The zero-order chi connectivity index (χ0) is 19.0. The monoisotopic (exact) mass is 397 g/mol. The topological polar surface area (TPSA) is 49.1 Å². The number of thiocarbonyl (C=S) groups is 1. The van der Waals surface area contributed by atoms with E-state index in [-0.39, 0.29) is 12.1 Å². The summed E-state index contributed by atoms with van der Waals surface area (Å²) in [5.74, 6) is 0.841. The SMILES string of the molecule is CN1C2CC(Oc3ccc(C=S)cc3)C1CC(C#N)(c1cncc(Cl)c1)C2. The third-order valence-corrected chi connectivity index (χ3v) is 6.43. The lowest BCUT2D eigenvalue weighted by Crippen LogP contribution is -2.49. The molecule has 2 aromatic rings. The van der Waals surface area contributed by atoms with Gasteiger partial charge in [0.05, 0.1) is 16.5 Å². The van der Waals surface area contributed by atoms with Crippen LogP contribution in [0.25, 0.3) is 0 Å². The molecule has 0 amide bonds. The Kier molecular flexibility index (Phi) is 4.90. The van der Waals surface area contributed by atoms with Gasteiger partial charge in [0.25, 0.3) is 0 Å². The number of aromatic nitrogens is 1. The highest BCUT2D eigenvalue weighted by atomic mass is 35.5. The van der Waals surface area contributed by atoms with E-state index in [1.54, 1.807) is 17.8 Å². The predicted molar refractivity (Wildman–Crippen MR) is 109 cm³/mol. The quantitative estimate of drug-likeness (QED) is 0.725. The molecule has 4 nitrogen and oxygen atoms in total. The maximum Gasteiger partial charge on any atom is 0.119 e. The Morgan fingerprint density at radius 3 is 2.78 bits per heavy atom. The van der Waals surface area contributed by atoms with Gasteiger partial charge < -0.3 is 4.74 Å². The molecule has 138 valence electrons. The molecule has 4 rings (SSSR count). The summed E-state index contributed by atoms with van der Waals surface area (Å²) < 4.78 is 6.32. The first-order valence-electron chi connectivity index (χ1n) is 9.01. The molecule has 2 aliphatic rings. The fourth-order valence-electron chi connectivity index (χ4n) is 4.46. The van der Waals surface area contributed by atoms with Crippen LogP contribution < -0.4 is 4.74 Å². The molecule has 0 N–H and O–H groups in total. The minimum absolute atomic E-state index is 0.0562. The Hall–Kier alpha value is -2.00. The number of nitriles is 1. The number of hydrogen-bond acceptors (Lipinski definition) is 5. The standard InChI is InChI=1S/C21H20ClN3OS/c1-25-17-7-20(26-18-4-2-14(12-27)3-5-18)19(25)9-21(8-17,13-23)15-6-16(22)11-24-10-15/h2-6,10-12,17,19-20H,7-9H2,1H3. The van der Waals surface area contributed by atoms with E-state index in [0.29, 0.717) is 17.5 Å². The first-order valence-corrected chi connectivity index (χ1v) is 9.86. The van der Waals surface area contributed by atoms with Crippen LogP contribution in [0.2, 0.25) is 5.02 Å². The van der Waals surface area contributed by atoms with E-state index in [0.717, 1.165) is 29.7 Å². The van der Waals surface area contributed by atoms with Gasteiger partial charge in [0.2, 0.25) is 0 Å². The van der Waals surface area contributed by atoms with Gasteiger partial charge in [-0.25, -0.2) is 0 Å². The Labute approximate surface area is 169 Å². The summed E-state index contributed by atoms with van der Waals surface area (Å²) in [6.45, 7) is 0. The number of rotatable bonds is 4. The second kappa shape index (κ2) is 7.20. The Morgan fingerprint density at radius 2 is 2.11 bits per heavy atom. The summed E-state index contributed by atoms with van der Waals surface area (Å²) in [5, 5.41) is 12.3. The molecular weight excluding hydrogens is 378 g/mol. The summed E-state index contributed by atoms with van der Waals surface area (Å²) in [5.41, 5.74) is 1.34. The van der Waals surface area contributed by atoms with E-state index >= 15 is 0 Å². The van der Waals surface area contributed by atoms with Gasteiger partial charge in [-0.15, -0.1) is 0 Å². The van der Waals surface area contributed by atoms with Crippen molar-refractivity contribution in [2.45, 2.75) is 42.9 Å². The molecule has 2 bridgehead atoms. The number of ether oxygens (including phenoxy) is 1. The fourth-order valence-corrected chi connectivity index (χ4v) is 4.79. The summed E-state index contributed by atoms with van der Waals surface area (Å²) in [6, 6.07) is 12.8. The van der Waals surface area contributed by atoms with E-state index in [1.165, 1.54) is 0 Å². The van der Waals surface area contributed by atoms with E-state index < -0.39 is 5.41 Å². The molecule has 1 aromatic carbocycles. The van der Waals surface area contributed by atoms with Gasteiger partial charge in [0.1, 0.15) is 11.9 Å².